The van der Waals surface area contributed by atoms with Crippen LogP contribution in [0.3, 0.4) is 0 Å². The van der Waals surface area contributed by atoms with Crippen molar-refractivity contribution in [2.24, 2.45) is 0 Å². The second-order valence-corrected chi connectivity index (χ2v) is 4.24. The minimum Gasteiger partial charge on any atom is -0.465 e. The molecule has 2 rings (SSSR count). The Hall–Kier alpha value is -1.79. The van der Waals surface area contributed by atoms with Gasteiger partial charge in [-0.25, -0.2) is 4.79 Å². The third-order valence-electron chi connectivity index (χ3n) is 2.88. The Balaban J connectivity index is 1.95. The molecule has 0 radical (unpaired) electrons. The summed E-state index contributed by atoms with van der Waals surface area (Å²) < 4.78 is 15.5. The van der Waals surface area contributed by atoms with Gasteiger partial charge in [-0.1, -0.05) is 0 Å². The summed E-state index contributed by atoms with van der Waals surface area (Å²) in [5.74, 6) is -0.401. The number of nitrogen functional groups attached to an aromatic ring is 1. The monoisotopic (exact) mass is 266 g/mol. The van der Waals surface area contributed by atoms with Crippen molar-refractivity contribution in [3.63, 3.8) is 0 Å². The predicted octanol–water partition coefficient (Wildman–Crippen LogP) is 0.883. The first-order valence-electron chi connectivity index (χ1n) is 6.11. The quantitative estimate of drug-likeness (QED) is 0.622. The van der Waals surface area contributed by atoms with E-state index in [4.69, 9.17) is 15.2 Å². The van der Waals surface area contributed by atoms with Crippen LogP contribution in [0.25, 0.3) is 0 Å². The number of nitrogens with two attached hydrogens (primary N) is 1. The standard InChI is InChI=1S/C13H18N2O4/c1-17-13(16)9-2-3-12(11(14)6-9)15-7-10-8-18-4-5-19-10/h2-3,6,10,15H,4-5,7-8,14H2,1H3. The highest BCUT2D eigenvalue weighted by atomic mass is 16.6. The topological polar surface area (TPSA) is 82.8 Å². The van der Waals surface area contributed by atoms with Gasteiger partial charge in [0, 0.05) is 6.54 Å². The first-order valence-corrected chi connectivity index (χ1v) is 6.11. The molecule has 6 heteroatoms. The lowest BCUT2D eigenvalue weighted by Crippen LogP contribution is -2.34. The molecule has 1 aliphatic rings. The molecule has 0 spiro atoms. The Morgan fingerprint density at radius 2 is 2.37 bits per heavy atom. The van der Waals surface area contributed by atoms with E-state index >= 15 is 0 Å². The normalized spacial score (nSPS) is 18.9. The van der Waals surface area contributed by atoms with Crippen molar-refractivity contribution in [2.75, 3.05) is 44.5 Å². The fraction of sp³-hybridized carbons (Fsp3) is 0.462. The van der Waals surface area contributed by atoms with Gasteiger partial charge in [-0.05, 0) is 18.2 Å². The van der Waals surface area contributed by atoms with Crippen molar-refractivity contribution < 1.29 is 19.0 Å². The lowest BCUT2D eigenvalue weighted by atomic mass is 10.1. The van der Waals surface area contributed by atoms with Crippen LogP contribution in [-0.4, -0.2) is 45.5 Å². The zero-order chi connectivity index (χ0) is 13.7. The number of anilines is 2. The first-order chi connectivity index (χ1) is 9.20. The molecule has 104 valence electrons. The number of carbonyl (C=O) groups is 1. The minimum atomic E-state index is -0.401. The molecule has 1 atom stereocenters. The smallest absolute Gasteiger partial charge is 0.337 e. The van der Waals surface area contributed by atoms with E-state index < -0.39 is 5.97 Å². The molecule has 1 heterocycles. The van der Waals surface area contributed by atoms with Gasteiger partial charge in [-0.2, -0.15) is 0 Å². The molecule has 0 bridgehead atoms. The van der Waals surface area contributed by atoms with Crippen molar-refractivity contribution in [1.82, 2.24) is 0 Å². The van der Waals surface area contributed by atoms with Crippen LogP contribution in [0.15, 0.2) is 18.2 Å². The van der Waals surface area contributed by atoms with Crippen molar-refractivity contribution in [3.8, 4) is 0 Å². The van der Waals surface area contributed by atoms with Gasteiger partial charge >= 0.3 is 5.97 Å². The molecule has 1 aromatic carbocycles. The van der Waals surface area contributed by atoms with Crippen LogP contribution in [0.1, 0.15) is 10.4 Å². The summed E-state index contributed by atoms with van der Waals surface area (Å²) in [5.41, 5.74) is 7.59. The zero-order valence-electron chi connectivity index (χ0n) is 10.8. The molecule has 1 aromatic rings. The van der Waals surface area contributed by atoms with Crippen LogP contribution in [-0.2, 0) is 14.2 Å². The third kappa shape index (κ3) is 3.59. The van der Waals surface area contributed by atoms with Crippen molar-refractivity contribution in [1.29, 1.82) is 0 Å². The van der Waals surface area contributed by atoms with Crippen molar-refractivity contribution in [3.05, 3.63) is 23.8 Å². The summed E-state index contributed by atoms with van der Waals surface area (Å²) >= 11 is 0. The minimum absolute atomic E-state index is 0.0217. The lowest BCUT2D eigenvalue weighted by Gasteiger charge is -2.23. The highest BCUT2D eigenvalue weighted by Gasteiger charge is 2.14. The lowest BCUT2D eigenvalue weighted by molar-refractivity contribution is -0.0818. The van der Waals surface area contributed by atoms with Crippen molar-refractivity contribution in [2.45, 2.75) is 6.10 Å². The Morgan fingerprint density at radius 3 is 3.00 bits per heavy atom. The molecule has 0 amide bonds. The number of carbonyl (C=O) groups excluding carboxylic acids is 1. The van der Waals surface area contributed by atoms with E-state index in [0.29, 0.717) is 37.6 Å². The highest BCUT2D eigenvalue weighted by Crippen LogP contribution is 2.20. The Labute approximate surface area is 111 Å². The van der Waals surface area contributed by atoms with Crippen LogP contribution in [0.2, 0.25) is 0 Å². The fourth-order valence-corrected chi connectivity index (χ4v) is 1.85. The third-order valence-corrected chi connectivity index (χ3v) is 2.88. The maximum atomic E-state index is 11.3. The molecule has 19 heavy (non-hydrogen) atoms. The molecule has 0 saturated carbocycles. The summed E-state index contributed by atoms with van der Waals surface area (Å²) in [6, 6.07) is 5.01. The number of benzene rings is 1. The van der Waals surface area contributed by atoms with Crippen LogP contribution >= 0.6 is 0 Å². The van der Waals surface area contributed by atoms with Gasteiger partial charge in [0.1, 0.15) is 0 Å². The van der Waals surface area contributed by atoms with Crippen LogP contribution in [0, 0.1) is 0 Å². The molecule has 1 fully saturated rings. The Bertz CT molecular complexity index is 444. The molecular formula is C13H18N2O4. The number of nitrogens with one attached hydrogen (secondary N) is 1. The molecule has 6 nitrogen and oxygen atoms in total. The molecule has 1 unspecified atom stereocenters. The van der Waals surface area contributed by atoms with E-state index in [9.17, 15) is 4.79 Å². The van der Waals surface area contributed by atoms with Gasteiger partial charge in [0.25, 0.3) is 0 Å². The number of hydrogen-bond acceptors (Lipinski definition) is 6. The second-order valence-electron chi connectivity index (χ2n) is 4.24. The average Bonchev–Trinajstić information content (AvgIpc) is 2.46. The average molecular weight is 266 g/mol. The van der Waals surface area contributed by atoms with Gasteiger partial charge < -0.3 is 25.3 Å². The first kappa shape index (κ1) is 13.6. The predicted molar refractivity (Wildman–Crippen MR) is 71.2 cm³/mol. The molecule has 0 aliphatic carbocycles. The zero-order valence-corrected chi connectivity index (χ0v) is 10.8. The van der Waals surface area contributed by atoms with E-state index in [1.807, 2.05) is 0 Å². The summed E-state index contributed by atoms with van der Waals surface area (Å²) in [4.78, 5) is 11.3. The van der Waals surface area contributed by atoms with Gasteiger partial charge in [0.05, 0.1) is 50.0 Å². The summed E-state index contributed by atoms with van der Waals surface area (Å²) in [7, 11) is 1.34. The number of hydrogen-bond donors (Lipinski definition) is 2. The van der Waals surface area contributed by atoms with E-state index in [2.05, 4.69) is 10.1 Å². The maximum absolute atomic E-state index is 11.3. The molecule has 1 saturated heterocycles. The number of methoxy groups -OCH3 is 1. The SMILES string of the molecule is COC(=O)c1ccc(NCC2COCCO2)c(N)c1. The van der Waals surface area contributed by atoms with Crippen LogP contribution < -0.4 is 11.1 Å². The Kier molecular flexibility index (Phi) is 4.59. The molecule has 3 N–H and O–H groups in total. The van der Waals surface area contributed by atoms with Gasteiger partial charge in [0.15, 0.2) is 0 Å². The van der Waals surface area contributed by atoms with Crippen LogP contribution in [0.4, 0.5) is 11.4 Å². The van der Waals surface area contributed by atoms with E-state index in [1.54, 1.807) is 18.2 Å². The van der Waals surface area contributed by atoms with E-state index in [-0.39, 0.29) is 6.10 Å². The van der Waals surface area contributed by atoms with Crippen LogP contribution in [0.5, 0.6) is 0 Å². The number of rotatable bonds is 4. The summed E-state index contributed by atoms with van der Waals surface area (Å²) in [5, 5.41) is 3.18. The van der Waals surface area contributed by atoms with Gasteiger partial charge in [-0.15, -0.1) is 0 Å². The molecular weight excluding hydrogens is 248 g/mol. The van der Waals surface area contributed by atoms with E-state index in [0.717, 1.165) is 5.69 Å². The number of esters is 1. The summed E-state index contributed by atoms with van der Waals surface area (Å²) in [6.07, 6.45) is 0.0217. The number of ether oxygens (including phenoxy) is 3. The fourth-order valence-electron chi connectivity index (χ4n) is 1.85. The van der Waals surface area contributed by atoms with Crippen molar-refractivity contribution >= 4 is 17.3 Å². The Morgan fingerprint density at radius 1 is 1.53 bits per heavy atom. The molecule has 1 aliphatic heterocycles. The molecule has 0 aromatic heterocycles. The van der Waals surface area contributed by atoms with Gasteiger partial charge in [0.2, 0.25) is 0 Å². The van der Waals surface area contributed by atoms with Gasteiger partial charge in [-0.3, -0.25) is 0 Å². The largest absolute Gasteiger partial charge is 0.465 e. The maximum Gasteiger partial charge on any atom is 0.337 e. The highest BCUT2D eigenvalue weighted by molar-refractivity contribution is 5.91. The second kappa shape index (κ2) is 6.40. The van der Waals surface area contributed by atoms with E-state index in [1.165, 1.54) is 7.11 Å². The summed E-state index contributed by atoms with van der Waals surface area (Å²) in [6.45, 7) is 2.45.